The Bertz CT molecular complexity index is 390. The van der Waals surface area contributed by atoms with E-state index >= 15 is 0 Å². The maximum Gasteiger partial charge on any atom is 0.254 e. The van der Waals surface area contributed by atoms with Gasteiger partial charge in [0.05, 0.1) is 6.61 Å². The van der Waals surface area contributed by atoms with Gasteiger partial charge >= 0.3 is 0 Å². The fourth-order valence-electron chi connectivity index (χ4n) is 1.75. The first-order chi connectivity index (χ1) is 7.72. The van der Waals surface area contributed by atoms with Gasteiger partial charge in [0.25, 0.3) is 5.91 Å². The zero-order valence-corrected chi connectivity index (χ0v) is 9.86. The molecule has 0 bridgehead atoms. The number of thiol groups is 1. The summed E-state index contributed by atoms with van der Waals surface area (Å²) in [6.07, 6.45) is 2.10. The fraction of sp³-hybridized carbons (Fsp3) is 0.417. The van der Waals surface area contributed by atoms with Crippen molar-refractivity contribution in [2.45, 2.75) is 23.8 Å². The van der Waals surface area contributed by atoms with Crippen molar-refractivity contribution in [2.24, 2.45) is 0 Å². The summed E-state index contributed by atoms with van der Waals surface area (Å²) in [5, 5.41) is 8.95. The number of hydrogen-bond donors (Lipinski definition) is 2. The first-order valence-electron chi connectivity index (χ1n) is 5.43. The number of benzene rings is 1. The monoisotopic (exact) mass is 237 g/mol. The van der Waals surface area contributed by atoms with E-state index in [1.54, 1.807) is 17.0 Å². The van der Waals surface area contributed by atoms with Crippen molar-refractivity contribution in [3.8, 4) is 0 Å². The Labute approximate surface area is 100 Å². The van der Waals surface area contributed by atoms with E-state index in [-0.39, 0.29) is 12.5 Å². The highest BCUT2D eigenvalue weighted by Crippen LogP contribution is 2.28. The van der Waals surface area contributed by atoms with Crippen molar-refractivity contribution >= 4 is 18.5 Å². The van der Waals surface area contributed by atoms with Crippen molar-refractivity contribution < 1.29 is 9.90 Å². The summed E-state index contributed by atoms with van der Waals surface area (Å²) >= 11 is 4.22. The molecule has 1 aromatic rings. The minimum Gasteiger partial charge on any atom is -0.395 e. The van der Waals surface area contributed by atoms with Gasteiger partial charge in [-0.25, -0.2) is 0 Å². The number of carbonyl (C=O) groups is 1. The first-order valence-corrected chi connectivity index (χ1v) is 5.88. The van der Waals surface area contributed by atoms with Crippen molar-refractivity contribution in [3.63, 3.8) is 0 Å². The Morgan fingerprint density at radius 2 is 2.25 bits per heavy atom. The van der Waals surface area contributed by atoms with E-state index in [1.165, 1.54) is 0 Å². The van der Waals surface area contributed by atoms with Gasteiger partial charge in [-0.2, -0.15) is 0 Å². The molecule has 86 valence electrons. The predicted molar refractivity (Wildman–Crippen MR) is 64.8 cm³/mol. The lowest BCUT2D eigenvalue weighted by molar-refractivity contribution is 0.0707. The van der Waals surface area contributed by atoms with Gasteiger partial charge in [0.15, 0.2) is 0 Å². The molecular formula is C12H15NO2S. The number of aliphatic hydroxyl groups is 1. The number of hydrogen-bond acceptors (Lipinski definition) is 3. The highest BCUT2D eigenvalue weighted by atomic mass is 32.1. The van der Waals surface area contributed by atoms with Gasteiger partial charge < -0.3 is 10.0 Å². The minimum absolute atomic E-state index is 0.00699. The normalized spacial score (nSPS) is 14.9. The first kappa shape index (κ1) is 11.5. The number of carbonyl (C=O) groups excluding carboxylic acids is 1. The summed E-state index contributed by atoms with van der Waals surface area (Å²) in [5.41, 5.74) is 0.646. The number of aliphatic hydroxyl groups excluding tert-OH is 1. The summed E-state index contributed by atoms with van der Waals surface area (Å²) in [5.74, 6) is -0.00699. The Kier molecular flexibility index (Phi) is 3.51. The average Bonchev–Trinajstić information content (AvgIpc) is 3.09. The van der Waals surface area contributed by atoms with Crippen molar-refractivity contribution in [1.29, 1.82) is 0 Å². The highest BCUT2D eigenvalue weighted by molar-refractivity contribution is 7.80. The van der Waals surface area contributed by atoms with Crippen molar-refractivity contribution in [3.05, 3.63) is 29.8 Å². The van der Waals surface area contributed by atoms with Gasteiger partial charge in [-0.05, 0) is 31.0 Å². The third kappa shape index (κ3) is 2.57. The molecule has 1 aliphatic carbocycles. The molecule has 0 radical (unpaired) electrons. The van der Waals surface area contributed by atoms with Crippen LogP contribution in [0, 0.1) is 0 Å². The zero-order chi connectivity index (χ0) is 11.5. The SMILES string of the molecule is O=C(c1cccc(S)c1)N(CCO)C1CC1. The lowest BCUT2D eigenvalue weighted by atomic mass is 10.2. The molecular weight excluding hydrogens is 222 g/mol. The molecule has 1 saturated carbocycles. The summed E-state index contributed by atoms with van der Waals surface area (Å²) in [7, 11) is 0. The quantitative estimate of drug-likeness (QED) is 0.780. The zero-order valence-electron chi connectivity index (χ0n) is 8.97. The van der Waals surface area contributed by atoms with Crippen LogP contribution in [0.5, 0.6) is 0 Å². The molecule has 0 unspecified atom stereocenters. The smallest absolute Gasteiger partial charge is 0.254 e. The molecule has 0 saturated heterocycles. The van der Waals surface area contributed by atoms with Crippen molar-refractivity contribution in [1.82, 2.24) is 4.90 Å². The van der Waals surface area contributed by atoms with E-state index in [9.17, 15) is 4.79 Å². The molecule has 0 atom stereocenters. The molecule has 1 N–H and O–H groups in total. The largest absolute Gasteiger partial charge is 0.395 e. The van der Waals surface area contributed by atoms with E-state index in [0.29, 0.717) is 18.2 Å². The van der Waals surface area contributed by atoms with Crippen molar-refractivity contribution in [2.75, 3.05) is 13.2 Å². The van der Waals surface area contributed by atoms with Gasteiger partial charge in [-0.3, -0.25) is 4.79 Å². The van der Waals surface area contributed by atoms with E-state index in [2.05, 4.69) is 12.6 Å². The van der Waals surface area contributed by atoms with Gasteiger partial charge in [0, 0.05) is 23.0 Å². The van der Waals surface area contributed by atoms with E-state index < -0.39 is 0 Å². The average molecular weight is 237 g/mol. The van der Waals surface area contributed by atoms with Crippen LogP contribution in [0.25, 0.3) is 0 Å². The van der Waals surface area contributed by atoms with Crippen LogP contribution in [-0.4, -0.2) is 35.1 Å². The second kappa shape index (κ2) is 4.89. The standard InChI is InChI=1S/C12H15NO2S/c14-7-6-13(10-4-5-10)12(15)9-2-1-3-11(16)8-9/h1-3,8,10,14,16H,4-7H2. The molecule has 0 spiro atoms. The topological polar surface area (TPSA) is 40.5 Å². The van der Waals surface area contributed by atoms with Crippen LogP contribution in [0.1, 0.15) is 23.2 Å². The molecule has 0 aromatic heterocycles. The Morgan fingerprint density at radius 1 is 1.50 bits per heavy atom. The van der Waals surface area contributed by atoms with E-state index in [4.69, 9.17) is 5.11 Å². The van der Waals surface area contributed by atoms with Gasteiger partial charge in [-0.1, -0.05) is 6.07 Å². The van der Waals surface area contributed by atoms with Crippen LogP contribution in [0.3, 0.4) is 0 Å². The second-order valence-electron chi connectivity index (χ2n) is 4.00. The molecule has 0 heterocycles. The van der Waals surface area contributed by atoms with E-state index in [0.717, 1.165) is 17.7 Å². The van der Waals surface area contributed by atoms with Gasteiger partial charge in [0.2, 0.25) is 0 Å². The summed E-state index contributed by atoms with van der Waals surface area (Å²) in [4.78, 5) is 14.7. The highest BCUT2D eigenvalue weighted by Gasteiger charge is 2.32. The number of amides is 1. The third-order valence-electron chi connectivity index (χ3n) is 2.68. The van der Waals surface area contributed by atoms with E-state index in [1.807, 2.05) is 12.1 Å². The predicted octanol–water partition coefficient (Wildman–Crippen LogP) is 1.57. The van der Waals surface area contributed by atoms with Gasteiger partial charge in [-0.15, -0.1) is 12.6 Å². The molecule has 4 heteroatoms. The summed E-state index contributed by atoms with van der Waals surface area (Å²) in [6.45, 7) is 0.434. The van der Waals surface area contributed by atoms with Crippen LogP contribution in [-0.2, 0) is 0 Å². The van der Waals surface area contributed by atoms with Crippen LogP contribution in [0.2, 0.25) is 0 Å². The Balaban J connectivity index is 2.15. The maximum atomic E-state index is 12.1. The van der Waals surface area contributed by atoms with Crippen LogP contribution in [0.4, 0.5) is 0 Å². The Morgan fingerprint density at radius 3 is 2.81 bits per heavy atom. The number of rotatable bonds is 4. The molecule has 1 amide bonds. The minimum atomic E-state index is -0.00699. The van der Waals surface area contributed by atoms with Gasteiger partial charge in [0.1, 0.15) is 0 Å². The summed E-state index contributed by atoms with van der Waals surface area (Å²) in [6, 6.07) is 7.53. The summed E-state index contributed by atoms with van der Waals surface area (Å²) < 4.78 is 0. The molecule has 2 rings (SSSR count). The molecule has 0 aliphatic heterocycles. The molecule has 3 nitrogen and oxygen atoms in total. The van der Waals surface area contributed by atoms with Crippen LogP contribution < -0.4 is 0 Å². The molecule has 1 aromatic carbocycles. The maximum absolute atomic E-state index is 12.1. The molecule has 16 heavy (non-hydrogen) atoms. The molecule has 1 aliphatic rings. The second-order valence-corrected chi connectivity index (χ2v) is 4.52. The van der Waals surface area contributed by atoms with Crippen LogP contribution in [0.15, 0.2) is 29.2 Å². The third-order valence-corrected chi connectivity index (χ3v) is 2.96. The lowest BCUT2D eigenvalue weighted by Gasteiger charge is -2.21. The molecule has 1 fully saturated rings. The lowest BCUT2D eigenvalue weighted by Crippen LogP contribution is -2.35. The Hall–Kier alpha value is -1.00. The number of nitrogens with zero attached hydrogens (tertiary/aromatic N) is 1. The van der Waals surface area contributed by atoms with Crippen LogP contribution >= 0.6 is 12.6 Å². The fourth-order valence-corrected chi connectivity index (χ4v) is 1.97.